The van der Waals surface area contributed by atoms with Gasteiger partial charge >= 0.3 is 0 Å². The number of hydrogen-bond donors (Lipinski definition) is 1. The highest BCUT2D eigenvalue weighted by molar-refractivity contribution is 5.39. The molecule has 0 spiro atoms. The number of aryl methyl sites for hydroxylation is 1. The summed E-state index contributed by atoms with van der Waals surface area (Å²) in [6.45, 7) is 3.65. The van der Waals surface area contributed by atoms with Crippen LogP contribution in [0.5, 0.6) is 0 Å². The smallest absolute Gasteiger partial charge is 0.128 e. The quantitative estimate of drug-likeness (QED) is 0.935. The summed E-state index contributed by atoms with van der Waals surface area (Å²) in [6.07, 6.45) is 2.57. The summed E-state index contributed by atoms with van der Waals surface area (Å²) in [5.41, 5.74) is 2.59. The number of nitrogens with one attached hydrogen (secondary N) is 1. The van der Waals surface area contributed by atoms with Crippen molar-refractivity contribution in [3.8, 4) is 5.69 Å². The van der Waals surface area contributed by atoms with E-state index in [1.54, 1.807) is 0 Å². The maximum absolute atomic E-state index is 13.5. The Balaban J connectivity index is 2.17. The molecule has 106 valence electrons. The fourth-order valence-electron chi connectivity index (χ4n) is 2.73. The van der Waals surface area contributed by atoms with Crippen molar-refractivity contribution >= 4 is 0 Å². The molecule has 1 aromatic heterocycles. The largest absolute Gasteiger partial charge is 0.311 e. The van der Waals surface area contributed by atoms with Crippen LogP contribution >= 0.6 is 0 Å². The highest BCUT2D eigenvalue weighted by Gasteiger charge is 2.20. The fraction of sp³-hybridized carbons (Fsp3) is 0.400. The summed E-state index contributed by atoms with van der Waals surface area (Å²) < 4.78 is 28.9. The average Bonchev–Trinajstić information content (AvgIpc) is 2.76. The molecule has 2 heterocycles. The Kier molecular flexibility index (Phi) is 3.53. The van der Waals surface area contributed by atoms with Gasteiger partial charge in [0.25, 0.3) is 0 Å². The van der Waals surface area contributed by atoms with Crippen LogP contribution in [0.2, 0.25) is 0 Å². The topological polar surface area (TPSA) is 29.9 Å². The van der Waals surface area contributed by atoms with Gasteiger partial charge in [-0.25, -0.2) is 13.8 Å². The van der Waals surface area contributed by atoms with Gasteiger partial charge < -0.3 is 9.88 Å². The zero-order valence-electron chi connectivity index (χ0n) is 11.4. The number of benzene rings is 1. The Labute approximate surface area is 116 Å². The van der Waals surface area contributed by atoms with E-state index in [2.05, 4.69) is 17.2 Å². The van der Waals surface area contributed by atoms with Gasteiger partial charge in [-0.3, -0.25) is 0 Å². The van der Waals surface area contributed by atoms with Crippen molar-refractivity contribution in [1.82, 2.24) is 14.9 Å². The minimum absolute atomic E-state index is 0.529. The highest BCUT2D eigenvalue weighted by atomic mass is 19.1. The van der Waals surface area contributed by atoms with Crippen LogP contribution in [0.15, 0.2) is 18.2 Å². The van der Waals surface area contributed by atoms with Crippen LogP contribution in [-0.4, -0.2) is 16.1 Å². The van der Waals surface area contributed by atoms with Crippen LogP contribution in [0.4, 0.5) is 8.78 Å². The van der Waals surface area contributed by atoms with E-state index in [0.29, 0.717) is 5.69 Å². The minimum atomic E-state index is -0.557. The Hall–Kier alpha value is -1.75. The second kappa shape index (κ2) is 5.32. The van der Waals surface area contributed by atoms with Gasteiger partial charge in [-0.15, -0.1) is 0 Å². The van der Waals surface area contributed by atoms with Gasteiger partial charge in [0.2, 0.25) is 0 Å². The van der Waals surface area contributed by atoms with Crippen molar-refractivity contribution in [1.29, 1.82) is 0 Å². The molecule has 0 saturated carbocycles. The molecular weight excluding hydrogens is 260 g/mol. The van der Waals surface area contributed by atoms with Crippen molar-refractivity contribution in [2.45, 2.75) is 32.7 Å². The van der Waals surface area contributed by atoms with Crippen LogP contribution in [0.1, 0.15) is 30.6 Å². The lowest BCUT2D eigenvalue weighted by molar-refractivity contribution is 0.579. The SMILES string of the molecule is CCCc1nc2c(n1-c1cc(F)cc(F)c1)CCNC2. The predicted molar refractivity (Wildman–Crippen MR) is 72.9 cm³/mol. The minimum Gasteiger partial charge on any atom is -0.311 e. The van der Waals surface area contributed by atoms with Crippen molar-refractivity contribution < 1.29 is 8.78 Å². The van der Waals surface area contributed by atoms with Gasteiger partial charge in [-0.05, 0) is 18.6 Å². The molecule has 0 amide bonds. The molecule has 0 saturated heterocycles. The second-order valence-corrected chi connectivity index (χ2v) is 5.06. The zero-order chi connectivity index (χ0) is 14.1. The molecule has 0 aliphatic carbocycles. The lowest BCUT2D eigenvalue weighted by Crippen LogP contribution is -2.24. The third-order valence-corrected chi connectivity index (χ3v) is 3.54. The molecule has 20 heavy (non-hydrogen) atoms. The fourth-order valence-corrected chi connectivity index (χ4v) is 2.73. The third-order valence-electron chi connectivity index (χ3n) is 3.54. The summed E-state index contributed by atoms with van der Waals surface area (Å²) in [6, 6.07) is 3.63. The number of halogens is 2. The summed E-state index contributed by atoms with van der Waals surface area (Å²) in [5.74, 6) is -0.233. The molecule has 5 heteroatoms. The van der Waals surface area contributed by atoms with Crippen LogP contribution in [0.3, 0.4) is 0 Å². The number of nitrogens with zero attached hydrogens (tertiary/aromatic N) is 2. The molecule has 1 aliphatic heterocycles. The molecule has 0 bridgehead atoms. The molecule has 1 aromatic carbocycles. The van der Waals surface area contributed by atoms with Crippen molar-refractivity contribution in [2.24, 2.45) is 0 Å². The molecular formula is C15H17F2N3. The molecule has 0 radical (unpaired) electrons. The van der Waals surface area contributed by atoms with E-state index in [1.807, 2.05) is 4.57 Å². The molecule has 0 atom stereocenters. The van der Waals surface area contributed by atoms with Crippen molar-refractivity contribution in [2.75, 3.05) is 6.54 Å². The molecule has 0 unspecified atom stereocenters. The molecule has 3 nitrogen and oxygen atoms in total. The van der Waals surface area contributed by atoms with E-state index >= 15 is 0 Å². The molecule has 2 aromatic rings. The maximum atomic E-state index is 13.5. The predicted octanol–water partition coefficient (Wildman–Crippen LogP) is 2.75. The van der Waals surface area contributed by atoms with Gasteiger partial charge in [0.15, 0.2) is 0 Å². The van der Waals surface area contributed by atoms with Crippen LogP contribution in [0.25, 0.3) is 5.69 Å². The van der Waals surface area contributed by atoms with Gasteiger partial charge in [0, 0.05) is 37.7 Å². The molecule has 3 rings (SSSR count). The maximum Gasteiger partial charge on any atom is 0.128 e. The Morgan fingerprint density at radius 2 is 2.00 bits per heavy atom. The number of aromatic nitrogens is 2. The second-order valence-electron chi connectivity index (χ2n) is 5.06. The van der Waals surface area contributed by atoms with E-state index in [4.69, 9.17) is 0 Å². The Morgan fingerprint density at radius 1 is 1.25 bits per heavy atom. The summed E-state index contributed by atoms with van der Waals surface area (Å²) >= 11 is 0. The number of imidazole rings is 1. The Morgan fingerprint density at radius 3 is 2.70 bits per heavy atom. The number of fused-ring (bicyclic) bond motifs is 1. The lowest BCUT2D eigenvalue weighted by Gasteiger charge is -2.16. The first-order valence-electron chi connectivity index (χ1n) is 6.95. The molecule has 1 aliphatic rings. The average molecular weight is 277 g/mol. The summed E-state index contributed by atoms with van der Waals surface area (Å²) in [5, 5.41) is 3.27. The normalized spacial score (nSPS) is 14.3. The van der Waals surface area contributed by atoms with Crippen molar-refractivity contribution in [3.63, 3.8) is 0 Å². The standard InChI is InChI=1S/C15H17F2N3/c1-2-3-15-19-13-9-18-5-4-14(13)20(15)12-7-10(16)6-11(17)8-12/h6-8,18H,2-5,9H2,1H3. The first-order valence-corrected chi connectivity index (χ1v) is 6.95. The third kappa shape index (κ3) is 2.33. The van der Waals surface area contributed by atoms with Gasteiger partial charge in [-0.1, -0.05) is 6.92 Å². The summed E-state index contributed by atoms with van der Waals surface area (Å²) in [4.78, 5) is 4.63. The number of rotatable bonds is 3. The van der Waals surface area contributed by atoms with E-state index < -0.39 is 11.6 Å². The first-order chi connectivity index (χ1) is 9.69. The molecule has 1 N–H and O–H groups in total. The monoisotopic (exact) mass is 277 g/mol. The summed E-state index contributed by atoms with van der Waals surface area (Å²) in [7, 11) is 0. The van der Waals surface area contributed by atoms with Crippen molar-refractivity contribution in [3.05, 3.63) is 47.0 Å². The van der Waals surface area contributed by atoms with E-state index in [1.165, 1.54) is 12.1 Å². The van der Waals surface area contributed by atoms with Crippen LogP contribution < -0.4 is 5.32 Å². The van der Waals surface area contributed by atoms with Crippen LogP contribution in [-0.2, 0) is 19.4 Å². The van der Waals surface area contributed by atoms with Crippen LogP contribution in [0, 0.1) is 11.6 Å². The Bertz CT molecular complexity index is 614. The number of hydrogen-bond acceptors (Lipinski definition) is 2. The van der Waals surface area contributed by atoms with Gasteiger partial charge in [0.1, 0.15) is 17.5 Å². The lowest BCUT2D eigenvalue weighted by atomic mass is 10.1. The molecule has 0 fully saturated rings. The van der Waals surface area contributed by atoms with Gasteiger partial charge in [-0.2, -0.15) is 0 Å². The first kappa shape index (κ1) is 13.2. The highest BCUT2D eigenvalue weighted by Crippen LogP contribution is 2.23. The van der Waals surface area contributed by atoms with E-state index in [9.17, 15) is 8.78 Å². The van der Waals surface area contributed by atoms with Gasteiger partial charge in [0.05, 0.1) is 11.4 Å². The zero-order valence-corrected chi connectivity index (χ0v) is 11.4. The van der Waals surface area contributed by atoms with E-state index in [0.717, 1.165) is 55.6 Å². The van der Waals surface area contributed by atoms with E-state index in [-0.39, 0.29) is 0 Å².